The number of hydrogen-bond acceptors (Lipinski definition) is 3. The molecule has 31 heavy (non-hydrogen) atoms. The number of aliphatic hydroxyl groups is 1. The topological polar surface area (TPSA) is 51.5 Å². The molecule has 0 amide bonds. The Morgan fingerprint density at radius 1 is 1.16 bits per heavy atom. The molecule has 3 aromatic rings. The van der Waals surface area contributed by atoms with Crippen LogP contribution in [0.25, 0.3) is 22.2 Å². The first-order chi connectivity index (χ1) is 15.2. The van der Waals surface area contributed by atoms with Crippen LogP contribution in [-0.2, 0) is 11.3 Å². The van der Waals surface area contributed by atoms with Gasteiger partial charge < -0.3 is 14.4 Å². The van der Waals surface area contributed by atoms with Crippen molar-refractivity contribution < 1.29 is 14.6 Å². The highest BCUT2D eigenvalue weighted by atomic mass is 16.5. The highest BCUT2D eigenvalue weighted by Crippen LogP contribution is 2.64. The summed E-state index contributed by atoms with van der Waals surface area (Å²) in [5.74, 6) is 0.655. The number of rotatable bonds is 3. The Bertz CT molecular complexity index is 1190. The lowest BCUT2D eigenvalue weighted by molar-refractivity contribution is 0.0601. The highest BCUT2D eigenvalue weighted by molar-refractivity contribution is 5.99. The van der Waals surface area contributed by atoms with Crippen molar-refractivity contribution in [3.05, 3.63) is 59.2 Å². The summed E-state index contributed by atoms with van der Waals surface area (Å²) in [4.78, 5) is 12.3. The zero-order valence-corrected chi connectivity index (χ0v) is 18.1. The van der Waals surface area contributed by atoms with E-state index in [1.807, 2.05) is 12.1 Å². The van der Waals surface area contributed by atoms with Gasteiger partial charge in [0.05, 0.1) is 25.0 Å². The predicted octanol–water partition coefficient (Wildman–Crippen LogP) is 5.62. The number of carbonyl (C=O) groups excluding carboxylic acids is 1. The maximum Gasteiger partial charge on any atom is 0.337 e. The van der Waals surface area contributed by atoms with E-state index in [-0.39, 0.29) is 18.0 Å². The molecule has 0 radical (unpaired) electrons. The minimum atomic E-state index is -0.299. The van der Waals surface area contributed by atoms with Gasteiger partial charge in [-0.1, -0.05) is 49.6 Å². The molecule has 4 heteroatoms. The number of aliphatic hydroxyl groups excluding tert-OH is 1. The molecular weight excluding hydrogens is 386 g/mol. The van der Waals surface area contributed by atoms with Crippen molar-refractivity contribution in [2.75, 3.05) is 13.7 Å². The Kier molecular flexibility index (Phi) is 4.29. The molecule has 1 aromatic heterocycles. The van der Waals surface area contributed by atoms with Gasteiger partial charge in [-0.2, -0.15) is 0 Å². The van der Waals surface area contributed by atoms with E-state index in [2.05, 4.69) is 34.9 Å². The Morgan fingerprint density at radius 2 is 1.97 bits per heavy atom. The van der Waals surface area contributed by atoms with E-state index >= 15 is 0 Å². The maximum absolute atomic E-state index is 12.3. The van der Waals surface area contributed by atoms with Gasteiger partial charge in [0.1, 0.15) is 0 Å². The Hall–Kier alpha value is -2.59. The number of fused-ring (bicyclic) bond motifs is 7. The van der Waals surface area contributed by atoms with E-state index in [1.54, 1.807) is 0 Å². The summed E-state index contributed by atoms with van der Waals surface area (Å²) in [5.41, 5.74) is 7.06. The van der Waals surface area contributed by atoms with Crippen molar-refractivity contribution in [3.8, 4) is 11.3 Å². The summed E-state index contributed by atoms with van der Waals surface area (Å²) in [6.07, 6.45) is 7.35. The van der Waals surface area contributed by atoms with Crippen LogP contribution in [0.5, 0.6) is 0 Å². The molecule has 0 spiro atoms. The summed E-state index contributed by atoms with van der Waals surface area (Å²) in [5, 5.41) is 11.6. The normalized spacial score (nSPS) is 24.8. The number of benzene rings is 2. The molecule has 2 aromatic carbocycles. The number of hydrogen-bond donors (Lipinski definition) is 1. The Labute approximate surface area is 182 Å². The molecule has 6 rings (SSSR count). The lowest BCUT2D eigenvalue weighted by atomic mass is 9.81. The van der Waals surface area contributed by atoms with Crippen molar-refractivity contribution in [1.82, 2.24) is 4.57 Å². The lowest BCUT2D eigenvalue weighted by Crippen LogP contribution is -2.17. The van der Waals surface area contributed by atoms with Crippen LogP contribution in [0.3, 0.4) is 0 Å². The van der Waals surface area contributed by atoms with Crippen molar-refractivity contribution in [1.29, 1.82) is 0 Å². The summed E-state index contributed by atoms with van der Waals surface area (Å²) in [6.45, 7) is 0.993. The number of ether oxygens (including phenoxy) is 1. The molecule has 4 nitrogen and oxygen atoms in total. The molecule has 2 atom stereocenters. The summed E-state index contributed by atoms with van der Waals surface area (Å²) in [7, 11) is 1.43. The fourth-order valence-corrected chi connectivity index (χ4v) is 6.40. The molecule has 0 saturated heterocycles. The van der Waals surface area contributed by atoms with Gasteiger partial charge in [0.15, 0.2) is 0 Å². The van der Waals surface area contributed by atoms with E-state index in [0.717, 1.165) is 18.5 Å². The second kappa shape index (κ2) is 6.96. The number of aromatic nitrogens is 1. The fraction of sp³-hybridized carbons (Fsp3) is 0.444. The molecule has 160 valence electrons. The van der Waals surface area contributed by atoms with Gasteiger partial charge in [-0.25, -0.2) is 4.79 Å². The number of methoxy groups -OCH3 is 1. The molecule has 1 N–H and O–H groups in total. The molecule has 1 aliphatic heterocycles. The fourth-order valence-electron chi connectivity index (χ4n) is 6.40. The van der Waals surface area contributed by atoms with E-state index < -0.39 is 0 Å². The van der Waals surface area contributed by atoms with Gasteiger partial charge >= 0.3 is 5.97 Å². The summed E-state index contributed by atoms with van der Waals surface area (Å²) < 4.78 is 7.44. The predicted molar refractivity (Wildman–Crippen MR) is 121 cm³/mol. The van der Waals surface area contributed by atoms with Crippen LogP contribution in [0.15, 0.2) is 42.5 Å². The van der Waals surface area contributed by atoms with Crippen LogP contribution < -0.4 is 0 Å². The first-order valence-corrected chi connectivity index (χ1v) is 11.6. The number of esters is 1. The van der Waals surface area contributed by atoms with Crippen molar-refractivity contribution >= 4 is 16.9 Å². The van der Waals surface area contributed by atoms with Crippen LogP contribution in [0.1, 0.15) is 71.8 Å². The molecule has 2 saturated carbocycles. The summed E-state index contributed by atoms with van der Waals surface area (Å²) >= 11 is 0. The van der Waals surface area contributed by atoms with Crippen LogP contribution >= 0.6 is 0 Å². The zero-order valence-electron chi connectivity index (χ0n) is 18.1. The largest absolute Gasteiger partial charge is 0.465 e. The number of nitrogens with zero attached hydrogens (tertiary/aromatic N) is 1. The minimum absolute atomic E-state index is 0.0988. The Balaban J connectivity index is 1.67. The number of carbonyl (C=O) groups is 1. The molecule has 2 heterocycles. The quantitative estimate of drug-likeness (QED) is 0.565. The third-order valence-corrected chi connectivity index (χ3v) is 8.11. The van der Waals surface area contributed by atoms with Gasteiger partial charge in [0.25, 0.3) is 0 Å². The van der Waals surface area contributed by atoms with E-state index in [9.17, 15) is 9.90 Å². The van der Waals surface area contributed by atoms with Gasteiger partial charge in [0, 0.05) is 28.4 Å². The molecule has 2 fully saturated rings. The highest BCUT2D eigenvalue weighted by Gasteiger charge is 2.57. The molecule has 2 aliphatic carbocycles. The van der Waals surface area contributed by atoms with Crippen LogP contribution in [0.4, 0.5) is 0 Å². The zero-order chi connectivity index (χ0) is 21.2. The average molecular weight is 416 g/mol. The van der Waals surface area contributed by atoms with Gasteiger partial charge in [-0.05, 0) is 54.4 Å². The smallest absolute Gasteiger partial charge is 0.337 e. The van der Waals surface area contributed by atoms with Crippen molar-refractivity contribution in [3.63, 3.8) is 0 Å². The second-order valence-corrected chi connectivity index (χ2v) is 9.77. The third kappa shape index (κ3) is 2.74. The SMILES string of the molecule is COC(=O)c1ccc2c(C3CCCCC3)c3n(c2c1)CC1(CO)CC1c1ccccc1-3. The summed E-state index contributed by atoms with van der Waals surface area (Å²) in [6, 6.07) is 14.8. The molecule has 3 aliphatic rings. The standard InChI is InChI=1S/C27H29NO3/c1-31-26(30)18-11-12-21-23(13-18)28-15-27(16-29)14-22(27)19-9-5-6-10-20(19)25(28)24(21)17-7-3-2-4-8-17/h5-6,9-13,17,22,29H,2-4,7-8,14-16H2,1H3. The monoisotopic (exact) mass is 415 g/mol. The van der Waals surface area contributed by atoms with Crippen LogP contribution in [-0.4, -0.2) is 29.4 Å². The van der Waals surface area contributed by atoms with E-state index in [1.165, 1.54) is 67.0 Å². The van der Waals surface area contributed by atoms with E-state index in [0.29, 0.717) is 17.4 Å². The Morgan fingerprint density at radius 3 is 2.74 bits per heavy atom. The first-order valence-electron chi connectivity index (χ1n) is 11.6. The van der Waals surface area contributed by atoms with Crippen LogP contribution in [0.2, 0.25) is 0 Å². The lowest BCUT2D eigenvalue weighted by Gasteiger charge is -2.24. The van der Waals surface area contributed by atoms with Crippen LogP contribution in [0, 0.1) is 5.41 Å². The van der Waals surface area contributed by atoms with Crippen molar-refractivity contribution in [2.45, 2.75) is 56.9 Å². The first kappa shape index (κ1) is 19.1. The van der Waals surface area contributed by atoms with Gasteiger partial charge in [0.2, 0.25) is 0 Å². The van der Waals surface area contributed by atoms with Crippen molar-refractivity contribution in [2.24, 2.45) is 5.41 Å². The third-order valence-electron chi connectivity index (χ3n) is 8.11. The second-order valence-electron chi connectivity index (χ2n) is 9.77. The van der Waals surface area contributed by atoms with Gasteiger partial charge in [-0.3, -0.25) is 0 Å². The molecule has 0 bridgehead atoms. The van der Waals surface area contributed by atoms with Gasteiger partial charge in [-0.15, -0.1) is 0 Å². The molecular formula is C27H29NO3. The average Bonchev–Trinajstić information content (AvgIpc) is 3.48. The molecule has 2 unspecified atom stereocenters. The minimum Gasteiger partial charge on any atom is -0.465 e. The maximum atomic E-state index is 12.3. The van der Waals surface area contributed by atoms with E-state index in [4.69, 9.17) is 4.74 Å².